The molecule has 0 saturated heterocycles. The number of ether oxygens (including phenoxy) is 2. The Morgan fingerprint density at radius 2 is 1.90 bits per heavy atom. The highest BCUT2D eigenvalue weighted by Gasteiger charge is 2.17. The van der Waals surface area contributed by atoms with Gasteiger partial charge in [0, 0.05) is 12.5 Å². The maximum Gasteiger partial charge on any atom is 0.341 e. The Morgan fingerprint density at radius 3 is 2.52 bits per heavy atom. The molecule has 0 atom stereocenters. The van der Waals surface area contributed by atoms with Crippen molar-refractivity contribution in [1.82, 2.24) is 0 Å². The van der Waals surface area contributed by atoms with Crippen LogP contribution in [0.5, 0.6) is 5.75 Å². The molecule has 0 N–H and O–H groups in total. The normalized spacial score (nSPS) is 10.4. The van der Waals surface area contributed by atoms with Crippen LogP contribution >= 0.6 is 15.9 Å². The molecular weight excluding hydrogens is 336 g/mol. The number of hydrogen-bond donors (Lipinski definition) is 0. The highest BCUT2D eigenvalue weighted by atomic mass is 79.9. The summed E-state index contributed by atoms with van der Waals surface area (Å²) < 4.78 is 15.9. The average molecular weight is 353 g/mol. The average Bonchev–Trinajstić information content (AvgIpc) is 2.88. The minimum absolute atomic E-state index is 0.371. The summed E-state index contributed by atoms with van der Waals surface area (Å²) in [6.07, 6.45) is 2.47. The molecule has 112 valence electrons. The third kappa shape index (κ3) is 4.11. The molecule has 0 aliphatic heterocycles. The van der Waals surface area contributed by atoms with Crippen molar-refractivity contribution >= 4 is 21.9 Å². The molecule has 0 saturated carbocycles. The molecule has 1 aromatic heterocycles. The van der Waals surface area contributed by atoms with Crippen molar-refractivity contribution in [2.75, 3.05) is 14.2 Å². The van der Waals surface area contributed by atoms with Crippen LogP contribution in [-0.2, 0) is 17.6 Å². The Morgan fingerprint density at radius 1 is 1.19 bits per heavy atom. The van der Waals surface area contributed by atoms with Gasteiger partial charge >= 0.3 is 5.97 Å². The van der Waals surface area contributed by atoms with Gasteiger partial charge in [-0.2, -0.15) is 0 Å². The fraction of sp³-hybridized carbons (Fsp3) is 0.312. The number of carbonyl (C=O) groups excluding carboxylic acids is 1. The van der Waals surface area contributed by atoms with Gasteiger partial charge < -0.3 is 13.9 Å². The van der Waals surface area contributed by atoms with Gasteiger partial charge in [0.25, 0.3) is 0 Å². The Kier molecular flexibility index (Phi) is 5.44. The molecule has 2 aromatic rings. The Labute approximate surface area is 132 Å². The number of methoxy groups -OCH3 is 2. The quantitative estimate of drug-likeness (QED) is 0.737. The molecule has 2 rings (SSSR count). The van der Waals surface area contributed by atoms with Crippen molar-refractivity contribution in [3.63, 3.8) is 0 Å². The smallest absolute Gasteiger partial charge is 0.341 e. The molecule has 0 spiro atoms. The minimum atomic E-state index is -0.371. The number of benzene rings is 1. The van der Waals surface area contributed by atoms with Crippen molar-refractivity contribution in [2.24, 2.45) is 0 Å². The number of hydrogen-bond acceptors (Lipinski definition) is 4. The van der Waals surface area contributed by atoms with Crippen LogP contribution in [0.3, 0.4) is 0 Å². The first kappa shape index (κ1) is 15.6. The zero-order valence-electron chi connectivity index (χ0n) is 12.0. The molecule has 0 bridgehead atoms. The van der Waals surface area contributed by atoms with E-state index in [2.05, 4.69) is 15.9 Å². The molecule has 1 aromatic carbocycles. The van der Waals surface area contributed by atoms with Crippen LogP contribution in [0.25, 0.3) is 0 Å². The van der Waals surface area contributed by atoms with E-state index in [1.807, 2.05) is 24.3 Å². The van der Waals surface area contributed by atoms with Gasteiger partial charge in [0.2, 0.25) is 0 Å². The minimum Gasteiger partial charge on any atom is -0.497 e. The standard InChI is InChI=1S/C16H17BrO4/c1-19-12-8-6-11(7-9-12)4-3-5-14-13(16(18)20-2)10-15(17)21-14/h6-10H,3-5H2,1-2H3. The van der Waals surface area contributed by atoms with Crippen molar-refractivity contribution in [1.29, 1.82) is 0 Å². The lowest BCUT2D eigenvalue weighted by atomic mass is 10.1. The van der Waals surface area contributed by atoms with Crippen LogP contribution in [0, 0.1) is 0 Å². The van der Waals surface area contributed by atoms with Crippen molar-refractivity contribution in [3.8, 4) is 5.75 Å². The van der Waals surface area contributed by atoms with E-state index in [1.54, 1.807) is 13.2 Å². The fourth-order valence-electron chi connectivity index (χ4n) is 2.11. The summed E-state index contributed by atoms with van der Waals surface area (Å²) >= 11 is 3.24. The van der Waals surface area contributed by atoms with E-state index in [9.17, 15) is 4.79 Å². The molecular formula is C16H17BrO4. The Hall–Kier alpha value is -1.75. The lowest BCUT2D eigenvalue weighted by Gasteiger charge is -2.04. The summed E-state index contributed by atoms with van der Waals surface area (Å²) in [6.45, 7) is 0. The first-order chi connectivity index (χ1) is 10.1. The molecule has 0 amide bonds. The van der Waals surface area contributed by atoms with Gasteiger partial charge in [0.1, 0.15) is 17.1 Å². The van der Waals surface area contributed by atoms with Crippen molar-refractivity contribution in [2.45, 2.75) is 19.3 Å². The van der Waals surface area contributed by atoms with Crippen LogP contribution in [-0.4, -0.2) is 20.2 Å². The third-order valence-corrected chi connectivity index (χ3v) is 3.60. The lowest BCUT2D eigenvalue weighted by Crippen LogP contribution is -2.03. The maximum absolute atomic E-state index is 11.6. The second kappa shape index (κ2) is 7.31. The van der Waals surface area contributed by atoms with Gasteiger partial charge in [-0.3, -0.25) is 0 Å². The molecule has 4 nitrogen and oxygen atoms in total. The van der Waals surface area contributed by atoms with E-state index in [0.29, 0.717) is 22.4 Å². The third-order valence-electron chi connectivity index (χ3n) is 3.21. The van der Waals surface area contributed by atoms with Crippen molar-refractivity contribution in [3.05, 3.63) is 51.9 Å². The lowest BCUT2D eigenvalue weighted by molar-refractivity contribution is 0.0598. The van der Waals surface area contributed by atoms with Gasteiger partial charge in [-0.25, -0.2) is 4.79 Å². The van der Waals surface area contributed by atoms with Gasteiger partial charge in [0.15, 0.2) is 4.67 Å². The number of furan rings is 1. The first-order valence-electron chi connectivity index (χ1n) is 6.63. The summed E-state index contributed by atoms with van der Waals surface area (Å²) in [5.41, 5.74) is 1.71. The predicted octanol–water partition coefficient (Wildman–Crippen LogP) is 4.01. The van der Waals surface area contributed by atoms with Crippen molar-refractivity contribution < 1.29 is 18.7 Å². The van der Waals surface area contributed by atoms with Crippen LogP contribution < -0.4 is 4.74 Å². The van der Waals surface area contributed by atoms with E-state index >= 15 is 0 Å². The zero-order valence-corrected chi connectivity index (χ0v) is 13.6. The van der Waals surface area contributed by atoms with Crippen LogP contribution in [0.2, 0.25) is 0 Å². The highest BCUT2D eigenvalue weighted by Crippen LogP contribution is 2.23. The monoisotopic (exact) mass is 352 g/mol. The largest absolute Gasteiger partial charge is 0.497 e. The van der Waals surface area contributed by atoms with E-state index in [1.165, 1.54) is 12.7 Å². The van der Waals surface area contributed by atoms with E-state index in [4.69, 9.17) is 13.9 Å². The summed E-state index contributed by atoms with van der Waals surface area (Å²) in [6, 6.07) is 9.61. The molecule has 0 aliphatic carbocycles. The molecule has 0 aliphatic rings. The van der Waals surface area contributed by atoms with Gasteiger partial charge in [-0.15, -0.1) is 0 Å². The van der Waals surface area contributed by atoms with Gasteiger partial charge in [-0.05, 0) is 46.5 Å². The van der Waals surface area contributed by atoms with Gasteiger partial charge in [-0.1, -0.05) is 12.1 Å². The Balaban J connectivity index is 1.95. The van der Waals surface area contributed by atoms with E-state index in [0.717, 1.165) is 18.6 Å². The van der Waals surface area contributed by atoms with E-state index < -0.39 is 0 Å². The first-order valence-corrected chi connectivity index (χ1v) is 7.42. The second-order valence-electron chi connectivity index (χ2n) is 4.58. The molecule has 0 radical (unpaired) electrons. The number of esters is 1. The summed E-state index contributed by atoms with van der Waals surface area (Å²) in [5, 5.41) is 0. The Bertz CT molecular complexity index is 601. The zero-order chi connectivity index (χ0) is 15.2. The SMILES string of the molecule is COC(=O)c1cc(Br)oc1CCCc1ccc(OC)cc1. The number of carbonyl (C=O) groups is 1. The topological polar surface area (TPSA) is 48.7 Å². The molecule has 21 heavy (non-hydrogen) atoms. The predicted molar refractivity (Wildman–Crippen MR) is 82.8 cm³/mol. The molecule has 0 fully saturated rings. The summed E-state index contributed by atoms with van der Waals surface area (Å²) in [4.78, 5) is 11.6. The fourth-order valence-corrected chi connectivity index (χ4v) is 2.53. The van der Waals surface area contributed by atoms with Crippen LogP contribution in [0.15, 0.2) is 39.4 Å². The molecule has 1 heterocycles. The molecule has 0 unspecified atom stereocenters. The molecule has 5 heteroatoms. The maximum atomic E-state index is 11.6. The summed E-state index contributed by atoms with van der Waals surface area (Å²) in [5.74, 6) is 1.13. The number of aryl methyl sites for hydroxylation is 2. The number of halogens is 1. The van der Waals surface area contributed by atoms with Crippen LogP contribution in [0.1, 0.15) is 28.1 Å². The summed E-state index contributed by atoms with van der Waals surface area (Å²) in [7, 11) is 3.02. The van der Waals surface area contributed by atoms with E-state index in [-0.39, 0.29) is 5.97 Å². The number of rotatable bonds is 6. The van der Waals surface area contributed by atoms with Crippen LogP contribution in [0.4, 0.5) is 0 Å². The highest BCUT2D eigenvalue weighted by molar-refractivity contribution is 9.10. The van der Waals surface area contributed by atoms with Gasteiger partial charge in [0.05, 0.1) is 14.2 Å². The second-order valence-corrected chi connectivity index (χ2v) is 5.36.